The van der Waals surface area contributed by atoms with Crippen molar-refractivity contribution in [3.05, 3.63) is 58.6 Å². The topological polar surface area (TPSA) is 69.7 Å². The molecule has 1 aliphatic heterocycles. The molecule has 162 valence electrons. The molecule has 1 heterocycles. The molecule has 0 saturated carbocycles. The molecule has 1 unspecified atom stereocenters. The molecule has 0 bridgehead atoms. The lowest BCUT2D eigenvalue weighted by Crippen LogP contribution is -2.53. The van der Waals surface area contributed by atoms with E-state index in [1.807, 2.05) is 17.9 Å². The minimum Gasteiger partial charge on any atom is -0.324 e. The number of benzene rings is 2. The van der Waals surface area contributed by atoms with Crippen molar-refractivity contribution in [3.63, 3.8) is 0 Å². The smallest absolute Gasteiger partial charge is 0.243 e. The zero-order valence-electron chi connectivity index (χ0n) is 16.5. The van der Waals surface area contributed by atoms with Gasteiger partial charge in [-0.3, -0.25) is 9.69 Å². The number of carbonyl (C=O) groups is 1. The lowest BCUT2D eigenvalue weighted by molar-refractivity contribution is -0.121. The normalized spacial score (nSPS) is 17.0. The highest BCUT2D eigenvalue weighted by Gasteiger charge is 2.32. The van der Waals surface area contributed by atoms with Crippen molar-refractivity contribution < 1.29 is 22.0 Å². The molecule has 1 aliphatic rings. The van der Waals surface area contributed by atoms with Gasteiger partial charge in [-0.25, -0.2) is 17.2 Å². The maximum atomic E-state index is 13.4. The van der Waals surface area contributed by atoms with E-state index in [1.54, 1.807) is 19.1 Å². The first-order chi connectivity index (χ1) is 14.1. The maximum Gasteiger partial charge on any atom is 0.243 e. The molecule has 1 amide bonds. The van der Waals surface area contributed by atoms with E-state index in [0.717, 1.165) is 17.7 Å². The highest BCUT2D eigenvalue weighted by Crippen LogP contribution is 2.22. The molecule has 0 radical (unpaired) electrons. The standard InChI is InChI=1S/C20H22ClF2N3O3S/c1-13-3-4-15(21)11-19(13)24-20(27)14(2)25-7-9-26(10-8-25)30(28,29)16-5-6-17(22)18(23)12-16/h3-6,11-12,14H,7-10H2,1-2H3,(H,24,27). The van der Waals surface area contributed by atoms with E-state index in [-0.39, 0.29) is 23.9 Å². The van der Waals surface area contributed by atoms with Crippen LogP contribution in [0.2, 0.25) is 5.02 Å². The van der Waals surface area contributed by atoms with Gasteiger partial charge >= 0.3 is 0 Å². The Kier molecular flexibility index (Phi) is 6.76. The SMILES string of the molecule is Cc1ccc(Cl)cc1NC(=O)C(C)N1CCN(S(=O)(=O)c2ccc(F)c(F)c2)CC1. The number of sulfonamides is 1. The molecule has 1 atom stereocenters. The molecule has 2 aromatic rings. The number of carbonyl (C=O) groups excluding carboxylic acids is 1. The Labute approximate surface area is 179 Å². The Morgan fingerprint density at radius 3 is 2.37 bits per heavy atom. The van der Waals surface area contributed by atoms with E-state index in [2.05, 4.69) is 5.32 Å². The largest absolute Gasteiger partial charge is 0.324 e. The number of halogens is 3. The van der Waals surface area contributed by atoms with Gasteiger partial charge in [-0.15, -0.1) is 0 Å². The van der Waals surface area contributed by atoms with Crippen LogP contribution in [-0.2, 0) is 14.8 Å². The molecular weight excluding hydrogens is 436 g/mol. The number of nitrogens with one attached hydrogen (secondary N) is 1. The Hall–Kier alpha value is -2.07. The first-order valence-electron chi connectivity index (χ1n) is 9.36. The van der Waals surface area contributed by atoms with Gasteiger partial charge in [-0.05, 0) is 49.7 Å². The fourth-order valence-electron chi connectivity index (χ4n) is 3.25. The number of nitrogens with zero attached hydrogens (tertiary/aromatic N) is 2. The van der Waals surface area contributed by atoms with Crippen LogP contribution in [-0.4, -0.2) is 55.8 Å². The van der Waals surface area contributed by atoms with E-state index >= 15 is 0 Å². The third kappa shape index (κ3) is 4.80. The van der Waals surface area contributed by atoms with Gasteiger partial charge in [-0.2, -0.15) is 4.31 Å². The molecule has 6 nitrogen and oxygen atoms in total. The van der Waals surface area contributed by atoms with Gasteiger partial charge in [-0.1, -0.05) is 17.7 Å². The Bertz CT molecular complexity index is 1060. The van der Waals surface area contributed by atoms with E-state index in [0.29, 0.717) is 29.9 Å². The zero-order valence-corrected chi connectivity index (χ0v) is 18.1. The number of amides is 1. The van der Waals surface area contributed by atoms with E-state index in [4.69, 9.17) is 11.6 Å². The molecule has 0 aromatic heterocycles. The second kappa shape index (κ2) is 8.97. The predicted octanol–water partition coefficient (Wildman–Crippen LogP) is 3.26. The monoisotopic (exact) mass is 457 g/mol. The number of anilines is 1. The fourth-order valence-corrected chi connectivity index (χ4v) is 4.86. The molecule has 10 heteroatoms. The van der Waals surface area contributed by atoms with E-state index in [1.165, 1.54) is 4.31 Å². The summed E-state index contributed by atoms with van der Waals surface area (Å²) in [5, 5.41) is 3.37. The average molecular weight is 458 g/mol. The number of rotatable bonds is 5. The van der Waals surface area contributed by atoms with Crippen LogP contribution < -0.4 is 5.32 Å². The average Bonchev–Trinajstić information content (AvgIpc) is 2.72. The molecule has 2 aromatic carbocycles. The highest BCUT2D eigenvalue weighted by atomic mass is 35.5. The van der Waals surface area contributed by atoms with Crippen molar-refractivity contribution in [1.82, 2.24) is 9.21 Å². The summed E-state index contributed by atoms with van der Waals surface area (Å²) in [6.07, 6.45) is 0. The maximum absolute atomic E-state index is 13.4. The van der Waals surface area contributed by atoms with Gasteiger partial charge in [0.05, 0.1) is 10.9 Å². The van der Waals surface area contributed by atoms with Crippen LogP contribution in [0.4, 0.5) is 14.5 Å². The van der Waals surface area contributed by atoms with Crippen LogP contribution in [0.15, 0.2) is 41.3 Å². The molecule has 1 fully saturated rings. The van der Waals surface area contributed by atoms with E-state index in [9.17, 15) is 22.0 Å². The van der Waals surface area contributed by atoms with Crippen LogP contribution >= 0.6 is 11.6 Å². The number of hydrogen-bond donors (Lipinski definition) is 1. The lowest BCUT2D eigenvalue weighted by Gasteiger charge is -2.36. The molecule has 0 spiro atoms. The lowest BCUT2D eigenvalue weighted by atomic mass is 10.1. The van der Waals surface area contributed by atoms with Gasteiger partial charge in [0.25, 0.3) is 0 Å². The van der Waals surface area contributed by atoms with Crippen molar-refractivity contribution in [3.8, 4) is 0 Å². The summed E-state index contributed by atoms with van der Waals surface area (Å²) >= 11 is 5.99. The van der Waals surface area contributed by atoms with Gasteiger partial charge in [0.15, 0.2) is 11.6 Å². The van der Waals surface area contributed by atoms with Crippen molar-refractivity contribution in [1.29, 1.82) is 0 Å². The van der Waals surface area contributed by atoms with Crippen LogP contribution in [0.3, 0.4) is 0 Å². The van der Waals surface area contributed by atoms with Gasteiger partial charge in [0.1, 0.15) is 0 Å². The van der Waals surface area contributed by atoms with Crippen molar-refractivity contribution >= 4 is 33.2 Å². The molecular formula is C20H22ClF2N3O3S. The fraction of sp³-hybridized carbons (Fsp3) is 0.350. The Balaban J connectivity index is 1.63. The molecule has 1 N–H and O–H groups in total. The third-order valence-electron chi connectivity index (χ3n) is 5.19. The van der Waals surface area contributed by atoms with Crippen molar-refractivity contribution in [2.45, 2.75) is 24.8 Å². The first kappa shape index (κ1) is 22.6. The van der Waals surface area contributed by atoms with Gasteiger partial charge < -0.3 is 5.32 Å². The van der Waals surface area contributed by atoms with Crippen molar-refractivity contribution in [2.75, 3.05) is 31.5 Å². The quantitative estimate of drug-likeness (QED) is 0.748. The second-order valence-corrected chi connectivity index (χ2v) is 9.51. The van der Waals surface area contributed by atoms with Gasteiger partial charge in [0, 0.05) is 36.9 Å². The summed E-state index contributed by atoms with van der Waals surface area (Å²) in [6.45, 7) is 4.52. The van der Waals surface area contributed by atoms with Crippen LogP contribution in [0, 0.1) is 18.6 Å². The molecule has 0 aliphatic carbocycles. The minimum absolute atomic E-state index is 0.134. The summed E-state index contributed by atoms with van der Waals surface area (Å²) in [4.78, 5) is 14.2. The van der Waals surface area contributed by atoms with Crippen LogP contribution in [0.5, 0.6) is 0 Å². The summed E-state index contributed by atoms with van der Waals surface area (Å²) in [7, 11) is -3.94. The number of aryl methyl sites for hydroxylation is 1. The highest BCUT2D eigenvalue weighted by molar-refractivity contribution is 7.89. The Morgan fingerprint density at radius 1 is 1.07 bits per heavy atom. The van der Waals surface area contributed by atoms with E-state index < -0.39 is 27.7 Å². The summed E-state index contributed by atoms with van der Waals surface area (Å²) in [5.74, 6) is -2.54. The second-order valence-electron chi connectivity index (χ2n) is 7.14. The zero-order chi connectivity index (χ0) is 22.1. The van der Waals surface area contributed by atoms with Crippen LogP contribution in [0.1, 0.15) is 12.5 Å². The number of piperazine rings is 1. The third-order valence-corrected chi connectivity index (χ3v) is 7.32. The predicted molar refractivity (Wildman–Crippen MR) is 111 cm³/mol. The number of hydrogen-bond acceptors (Lipinski definition) is 4. The summed E-state index contributed by atoms with van der Waals surface area (Å²) in [6, 6.07) is 7.25. The molecule has 3 rings (SSSR count). The van der Waals surface area contributed by atoms with Crippen molar-refractivity contribution in [2.24, 2.45) is 0 Å². The minimum atomic E-state index is -3.94. The Morgan fingerprint density at radius 2 is 1.73 bits per heavy atom. The van der Waals surface area contributed by atoms with Gasteiger partial charge in [0.2, 0.25) is 15.9 Å². The van der Waals surface area contributed by atoms with Crippen LogP contribution in [0.25, 0.3) is 0 Å². The summed E-state index contributed by atoms with van der Waals surface area (Å²) < 4.78 is 53.2. The molecule has 30 heavy (non-hydrogen) atoms. The summed E-state index contributed by atoms with van der Waals surface area (Å²) in [5.41, 5.74) is 1.50. The first-order valence-corrected chi connectivity index (χ1v) is 11.2. The molecule has 1 saturated heterocycles.